The van der Waals surface area contributed by atoms with Crippen LogP contribution >= 0.6 is 0 Å². The lowest BCUT2D eigenvalue weighted by Gasteiger charge is -2.01. The molecular formula is C12H10N4. The molecule has 0 bridgehead atoms. The third kappa shape index (κ3) is 1.35. The van der Waals surface area contributed by atoms with Crippen molar-refractivity contribution < 1.29 is 0 Å². The van der Waals surface area contributed by atoms with Gasteiger partial charge in [0.2, 0.25) is 0 Å². The molecule has 0 saturated heterocycles. The minimum absolute atomic E-state index is 0.892. The fourth-order valence-electron chi connectivity index (χ4n) is 1.64. The first kappa shape index (κ1) is 9.03. The fourth-order valence-corrected chi connectivity index (χ4v) is 1.64. The van der Waals surface area contributed by atoms with Gasteiger partial charge in [0.15, 0.2) is 0 Å². The summed E-state index contributed by atoms with van der Waals surface area (Å²) in [7, 11) is 0. The Labute approximate surface area is 92.6 Å². The average Bonchev–Trinajstić information content (AvgIpc) is 2.74. The molecule has 3 aromatic rings. The summed E-state index contributed by atoms with van der Waals surface area (Å²) in [6.07, 6.45) is 1.80. The Bertz CT molecular complexity index is 625. The monoisotopic (exact) mass is 210 g/mol. The summed E-state index contributed by atoms with van der Waals surface area (Å²) in [6.45, 7) is 1.96. The van der Waals surface area contributed by atoms with E-state index in [0.29, 0.717) is 0 Å². The summed E-state index contributed by atoms with van der Waals surface area (Å²) in [5.74, 6) is 0. The van der Waals surface area contributed by atoms with Crippen LogP contribution in [0.5, 0.6) is 0 Å². The van der Waals surface area contributed by atoms with Crippen molar-refractivity contribution >= 4 is 11.0 Å². The van der Waals surface area contributed by atoms with Gasteiger partial charge in [-0.3, -0.25) is 4.98 Å². The van der Waals surface area contributed by atoms with Gasteiger partial charge in [-0.2, -0.15) is 0 Å². The van der Waals surface area contributed by atoms with Crippen LogP contribution in [0.4, 0.5) is 0 Å². The Morgan fingerprint density at radius 1 is 1.06 bits per heavy atom. The summed E-state index contributed by atoms with van der Waals surface area (Å²) in [5, 5.41) is 8.22. The Morgan fingerprint density at radius 2 is 1.94 bits per heavy atom. The second kappa shape index (κ2) is 3.41. The predicted octanol–water partition coefficient (Wildman–Crippen LogP) is 2.12. The molecule has 0 radical (unpaired) electrons. The van der Waals surface area contributed by atoms with Crippen LogP contribution in [-0.2, 0) is 0 Å². The lowest BCUT2D eigenvalue weighted by Crippen LogP contribution is -1.97. The maximum Gasteiger partial charge on any atom is 0.113 e. The SMILES string of the molecule is Cc1ccc(-n2nnc3ccccc32)cn1. The van der Waals surface area contributed by atoms with E-state index in [4.69, 9.17) is 0 Å². The van der Waals surface area contributed by atoms with E-state index in [1.54, 1.807) is 10.9 Å². The van der Waals surface area contributed by atoms with E-state index < -0.39 is 0 Å². The Morgan fingerprint density at radius 3 is 2.75 bits per heavy atom. The maximum absolute atomic E-state index is 4.25. The first-order valence-corrected chi connectivity index (χ1v) is 5.08. The zero-order chi connectivity index (χ0) is 11.0. The van der Waals surface area contributed by atoms with Crippen LogP contribution in [0.25, 0.3) is 16.7 Å². The zero-order valence-corrected chi connectivity index (χ0v) is 8.83. The molecule has 78 valence electrons. The molecule has 16 heavy (non-hydrogen) atoms. The molecule has 4 nitrogen and oxygen atoms in total. The minimum Gasteiger partial charge on any atom is -0.259 e. The van der Waals surface area contributed by atoms with Crippen LogP contribution in [0.1, 0.15) is 5.69 Å². The number of pyridine rings is 1. The second-order valence-corrected chi connectivity index (χ2v) is 3.65. The molecule has 0 saturated carbocycles. The van der Waals surface area contributed by atoms with Crippen molar-refractivity contribution in [2.45, 2.75) is 6.92 Å². The molecule has 0 spiro atoms. The minimum atomic E-state index is 0.892. The molecule has 3 rings (SSSR count). The lowest BCUT2D eigenvalue weighted by molar-refractivity contribution is 0.819. The average molecular weight is 210 g/mol. The van der Waals surface area contributed by atoms with E-state index in [2.05, 4.69) is 15.3 Å². The van der Waals surface area contributed by atoms with Gasteiger partial charge in [-0.25, -0.2) is 4.68 Å². The highest BCUT2D eigenvalue weighted by molar-refractivity contribution is 5.75. The van der Waals surface area contributed by atoms with Crippen LogP contribution in [0.2, 0.25) is 0 Å². The van der Waals surface area contributed by atoms with Gasteiger partial charge < -0.3 is 0 Å². The standard InChI is InChI=1S/C12H10N4/c1-9-6-7-10(8-13-9)16-12-5-3-2-4-11(12)14-15-16/h2-8H,1H3. The molecule has 2 heterocycles. The molecule has 2 aromatic heterocycles. The van der Waals surface area contributed by atoms with Gasteiger partial charge in [-0.1, -0.05) is 17.3 Å². The number of rotatable bonds is 1. The molecule has 4 heteroatoms. The van der Waals surface area contributed by atoms with E-state index in [1.807, 2.05) is 43.3 Å². The smallest absolute Gasteiger partial charge is 0.113 e. The van der Waals surface area contributed by atoms with Crippen molar-refractivity contribution in [3.63, 3.8) is 0 Å². The van der Waals surface area contributed by atoms with Gasteiger partial charge in [0, 0.05) is 5.69 Å². The topological polar surface area (TPSA) is 43.6 Å². The maximum atomic E-state index is 4.25. The van der Waals surface area contributed by atoms with E-state index in [0.717, 1.165) is 22.4 Å². The fraction of sp³-hybridized carbons (Fsp3) is 0.0833. The summed E-state index contributed by atoms with van der Waals surface area (Å²) in [6, 6.07) is 11.8. The largest absolute Gasteiger partial charge is 0.259 e. The van der Waals surface area contributed by atoms with Crippen molar-refractivity contribution in [3.05, 3.63) is 48.3 Å². The molecule has 0 aliphatic carbocycles. The van der Waals surface area contributed by atoms with Crippen LogP contribution in [-0.4, -0.2) is 20.0 Å². The highest BCUT2D eigenvalue weighted by Crippen LogP contribution is 2.14. The summed E-state index contributed by atoms with van der Waals surface area (Å²) in [4.78, 5) is 4.25. The first-order chi connectivity index (χ1) is 7.84. The van der Waals surface area contributed by atoms with Gasteiger partial charge in [-0.05, 0) is 31.2 Å². The molecule has 0 fully saturated rings. The highest BCUT2D eigenvalue weighted by atomic mass is 15.4. The van der Waals surface area contributed by atoms with E-state index in [-0.39, 0.29) is 0 Å². The highest BCUT2D eigenvalue weighted by Gasteiger charge is 2.04. The molecule has 0 amide bonds. The number of nitrogens with zero attached hydrogens (tertiary/aromatic N) is 4. The lowest BCUT2D eigenvalue weighted by atomic mass is 10.3. The van der Waals surface area contributed by atoms with Crippen LogP contribution < -0.4 is 0 Å². The molecule has 0 aliphatic rings. The van der Waals surface area contributed by atoms with Gasteiger partial charge in [0.25, 0.3) is 0 Å². The van der Waals surface area contributed by atoms with Crippen molar-refractivity contribution in [2.75, 3.05) is 0 Å². The molecule has 1 aromatic carbocycles. The Hall–Kier alpha value is -2.23. The van der Waals surface area contributed by atoms with Crippen molar-refractivity contribution in [2.24, 2.45) is 0 Å². The number of benzene rings is 1. The molecule has 0 atom stereocenters. The van der Waals surface area contributed by atoms with E-state index in [1.165, 1.54) is 0 Å². The number of hydrogen-bond acceptors (Lipinski definition) is 3. The Kier molecular flexibility index (Phi) is 1.93. The van der Waals surface area contributed by atoms with Gasteiger partial charge in [0.1, 0.15) is 5.52 Å². The quantitative estimate of drug-likeness (QED) is 0.618. The van der Waals surface area contributed by atoms with Gasteiger partial charge in [0.05, 0.1) is 17.4 Å². The third-order valence-electron chi connectivity index (χ3n) is 2.49. The van der Waals surface area contributed by atoms with E-state index >= 15 is 0 Å². The van der Waals surface area contributed by atoms with E-state index in [9.17, 15) is 0 Å². The van der Waals surface area contributed by atoms with Crippen LogP contribution in [0.3, 0.4) is 0 Å². The zero-order valence-electron chi connectivity index (χ0n) is 8.83. The summed E-state index contributed by atoms with van der Waals surface area (Å²) in [5.41, 5.74) is 3.81. The summed E-state index contributed by atoms with van der Waals surface area (Å²) >= 11 is 0. The van der Waals surface area contributed by atoms with Crippen molar-refractivity contribution in [3.8, 4) is 5.69 Å². The summed E-state index contributed by atoms with van der Waals surface area (Å²) < 4.78 is 1.79. The number of fused-ring (bicyclic) bond motifs is 1. The third-order valence-corrected chi connectivity index (χ3v) is 2.49. The predicted molar refractivity (Wildman–Crippen MR) is 61.4 cm³/mol. The second-order valence-electron chi connectivity index (χ2n) is 3.65. The molecule has 0 aliphatic heterocycles. The number of aryl methyl sites for hydroxylation is 1. The van der Waals surface area contributed by atoms with Gasteiger partial charge in [-0.15, -0.1) is 5.10 Å². The molecule has 0 unspecified atom stereocenters. The molecule has 0 N–H and O–H groups in total. The normalized spacial score (nSPS) is 10.8. The van der Waals surface area contributed by atoms with Crippen LogP contribution in [0, 0.1) is 6.92 Å². The number of aromatic nitrogens is 4. The Balaban J connectivity index is 2.22. The van der Waals surface area contributed by atoms with Crippen LogP contribution in [0.15, 0.2) is 42.6 Å². The molecular weight excluding hydrogens is 200 g/mol. The van der Waals surface area contributed by atoms with Crippen molar-refractivity contribution in [1.29, 1.82) is 0 Å². The van der Waals surface area contributed by atoms with Crippen molar-refractivity contribution in [1.82, 2.24) is 20.0 Å². The first-order valence-electron chi connectivity index (χ1n) is 5.08. The number of hydrogen-bond donors (Lipinski definition) is 0. The number of para-hydroxylation sites is 1. The van der Waals surface area contributed by atoms with Gasteiger partial charge >= 0.3 is 0 Å².